The van der Waals surface area contributed by atoms with Gasteiger partial charge in [-0.3, -0.25) is 19.1 Å². The van der Waals surface area contributed by atoms with Crippen molar-refractivity contribution in [3.63, 3.8) is 0 Å². The highest BCUT2D eigenvalue weighted by atomic mass is 16.5. The van der Waals surface area contributed by atoms with Crippen molar-refractivity contribution in [3.8, 4) is 6.01 Å². The zero-order valence-corrected chi connectivity index (χ0v) is 24.4. The van der Waals surface area contributed by atoms with E-state index in [4.69, 9.17) is 24.7 Å². The van der Waals surface area contributed by atoms with Gasteiger partial charge in [-0.15, -0.1) is 0 Å². The molecule has 3 N–H and O–H groups in total. The lowest BCUT2D eigenvalue weighted by atomic mass is 9.96. The Kier molecular flexibility index (Phi) is 10.8. The summed E-state index contributed by atoms with van der Waals surface area (Å²) in [5, 5.41) is 0. The van der Waals surface area contributed by atoms with E-state index in [9.17, 15) is 14.4 Å². The number of aromatic nitrogens is 4. The number of nitrogens with two attached hydrogens (primary N) is 1. The zero-order valence-electron chi connectivity index (χ0n) is 24.4. The van der Waals surface area contributed by atoms with E-state index in [1.165, 1.54) is 7.11 Å². The van der Waals surface area contributed by atoms with E-state index in [1.54, 1.807) is 29.7 Å². The molecule has 42 heavy (non-hydrogen) atoms. The lowest BCUT2D eigenvalue weighted by Gasteiger charge is -2.32. The van der Waals surface area contributed by atoms with Crippen LogP contribution in [-0.2, 0) is 30.3 Å². The molecule has 0 aromatic carbocycles. The minimum absolute atomic E-state index is 0.0116. The second-order valence-electron chi connectivity index (χ2n) is 10.3. The van der Waals surface area contributed by atoms with Gasteiger partial charge in [-0.1, -0.05) is 17.4 Å². The molecule has 228 valence electrons. The fourth-order valence-electron chi connectivity index (χ4n) is 4.85. The Morgan fingerprint density at radius 1 is 1.17 bits per heavy atom. The highest BCUT2D eigenvalue weighted by molar-refractivity contribution is 5.82. The Balaban J connectivity index is 1.21. The van der Waals surface area contributed by atoms with Crippen LogP contribution in [0, 0.1) is 5.92 Å². The molecule has 0 spiro atoms. The second kappa shape index (κ2) is 14.7. The van der Waals surface area contributed by atoms with Gasteiger partial charge in [-0.05, 0) is 37.9 Å². The molecule has 0 unspecified atom stereocenters. The minimum atomic E-state index is -0.296. The number of carbonyl (C=O) groups is 2. The van der Waals surface area contributed by atoms with E-state index >= 15 is 0 Å². The van der Waals surface area contributed by atoms with E-state index in [-0.39, 0.29) is 48.3 Å². The quantitative estimate of drug-likeness (QED) is 0.183. The molecule has 1 saturated heterocycles. The summed E-state index contributed by atoms with van der Waals surface area (Å²) < 4.78 is 22.6. The van der Waals surface area contributed by atoms with Crippen molar-refractivity contribution in [2.45, 2.75) is 32.2 Å². The fourth-order valence-corrected chi connectivity index (χ4v) is 4.85. The first-order chi connectivity index (χ1) is 20.3. The maximum atomic E-state index is 12.8. The molecule has 4 rings (SSSR count). The molecule has 0 radical (unpaired) electrons. The molecule has 2 aliphatic rings. The molecule has 3 heterocycles. The molecule has 1 fully saturated rings. The molecule has 1 aliphatic carbocycles. The number of hydrogen-bond acceptors (Lipinski definition) is 11. The van der Waals surface area contributed by atoms with Gasteiger partial charge in [0.05, 0.1) is 33.2 Å². The van der Waals surface area contributed by atoms with Crippen molar-refractivity contribution in [1.82, 2.24) is 29.3 Å². The van der Waals surface area contributed by atoms with Gasteiger partial charge >= 0.3 is 17.7 Å². The van der Waals surface area contributed by atoms with E-state index in [2.05, 4.69) is 25.6 Å². The molecular weight excluding hydrogens is 546 g/mol. The van der Waals surface area contributed by atoms with Crippen LogP contribution in [0.15, 0.2) is 34.0 Å². The maximum absolute atomic E-state index is 12.8. The molecule has 0 atom stereocenters. The fraction of sp³-hybridized carbons (Fsp3) is 0.571. The Morgan fingerprint density at radius 3 is 2.69 bits per heavy atom. The molecule has 14 heteroatoms. The number of piperidine rings is 1. The number of imidazole rings is 1. The average molecular weight is 586 g/mol. The highest BCUT2D eigenvalue weighted by Crippen LogP contribution is 2.23. The van der Waals surface area contributed by atoms with Gasteiger partial charge in [0.1, 0.15) is 24.5 Å². The van der Waals surface area contributed by atoms with Crippen molar-refractivity contribution in [2.75, 3.05) is 73.0 Å². The van der Waals surface area contributed by atoms with Gasteiger partial charge in [0.15, 0.2) is 11.5 Å². The molecule has 2 aromatic heterocycles. The Morgan fingerprint density at radius 2 is 1.95 bits per heavy atom. The molecule has 14 nitrogen and oxygen atoms in total. The summed E-state index contributed by atoms with van der Waals surface area (Å²) in [6, 6.07) is 0.0970. The number of amides is 1. The van der Waals surface area contributed by atoms with Gasteiger partial charge < -0.3 is 34.6 Å². The number of nitrogens with one attached hydrogen (secondary N) is 1. The van der Waals surface area contributed by atoms with Crippen LogP contribution in [0.2, 0.25) is 0 Å². The number of aromatic amines is 1. The molecule has 2 aromatic rings. The van der Waals surface area contributed by atoms with Crippen LogP contribution < -0.4 is 16.2 Å². The van der Waals surface area contributed by atoms with Crippen molar-refractivity contribution in [2.24, 2.45) is 5.92 Å². The van der Waals surface area contributed by atoms with Crippen molar-refractivity contribution < 1.29 is 28.5 Å². The van der Waals surface area contributed by atoms with Crippen LogP contribution in [0.3, 0.4) is 0 Å². The minimum Gasteiger partial charge on any atom is -0.488 e. The largest absolute Gasteiger partial charge is 0.488 e. The number of esters is 1. The van der Waals surface area contributed by atoms with Crippen LogP contribution in [0.25, 0.3) is 11.2 Å². The van der Waals surface area contributed by atoms with E-state index in [0.717, 1.165) is 31.5 Å². The van der Waals surface area contributed by atoms with Gasteiger partial charge in [0.25, 0.3) is 0 Å². The number of hydrogen-bond donors (Lipinski definition) is 2. The van der Waals surface area contributed by atoms with E-state index in [0.29, 0.717) is 56.2 Å². The number of nitrogen functional groups attached to an aromatic ring is 1. The van der Waals surface area contributed by atoms with Gasteiger partial charge in [-0.25, -0.2) is 4.79 Å². The SMILES string of the molecule is COCCOc1nc(N)c2[nH]c(=O)n(CC3CCN(CC(=O)N(C)CCOC4=C=CC=C(CC(=O)OC)C4)CC3)c2n1. The topological polar surface area (TPSA) is 167 Å². The first kappa shape index (κ1) is 30.8. The number of anilines is 1. The van der Waals surface area contributed by atoms with Crippen LogP contribution in [0.5, 0.6) is 6.01 Å². The summed E-state index contributed by atoms with van der Waals surface area (Å²) in [5.74, 6) is 0.742. The van der Waals surface area contributed by atoms with Gasteiger partial charge in [0.2, 0.25) is 5.91 Å². The third kappa shape index (κ3) is 8.21. The molecule has 1 amide bonds. The van der Waals surface area contributed by atoms with Gasteiger partial charge in [0, 0.05) is 27.1 Å². The predicted molar refractivity (Wildman–Crippen MR) is 154 cm³/mol. The lowest BCUT2D eigenvalue weighted by molar-refractivity contribution is -0.139. The Hall–Kier alpha value is -4.13. The maximum Gasteiger partial charge on any atom is 0.327 e. The summed E-state index contributed by atoms with van der Waals surface area (Å²) >= 11 is 0. The normalized spacial score (nSPS) is 15.8. The van der Waals surface area contributed by atoms with Crippen LogP contribution >= 0.6 is 0 Å². The Bertz CT molecular complexity index is 1420. The van der Waals surface area contributed by atoms with Crippen LogP contribution in [0.4, 0.5) is 5.82 Å². The molecule has 0 bridgehead atoms. The highest BCUT2D eigenvalue weighted by Gasteiger charge is 2.24. The molecule has 1 aliphatic heterocycles. The average Bonchev–Trinajstić information content (AvgIpc) is 3.29. The number of rotatable bonds is 14. The van der Waals surface area contributed by atoms with Crippen LogP contribution in [-0.4, -0.2) is 108 Å². The standard InChI is InChI=1S/C28H39N7O7/c1-33(11-12-41-21-6-4-5-20(15-21)16-23(37)40-3)22(36)18-34-9-7-19(8-10-34)17-35-26-24(30-28(35)38)25(29)31-27(32-26)42-14-13-39-2/h4-5,19H,7-18H2,1-3H3,(H,30,38)(H2,29,31,32). The number of methoxy groups -OCH3 is 2. The number of H-pyrrole nitrogens is 1. The summed E-state index contributed by atoms with van der Waals surface area (Å²) in [7, 11) is 4.69. The lowest BCUT2D eigenvalue weighted by Crippen LogP contribution is -2.43. The molecule has 0 saturated carbocycles. The Labute approximate surface area is 243 Å². The number of nitrogens with zero attached hydrogens (tertiary/aromatic N) is 5. The van der Waals surface area contributed by atoms with Crippen molar-refractivity contribution in [3.05, 3.63) is 39.7 Å². The number of carbonyl (C=O) groups excluding carboxylic acids is 2. The monoisotopic (exact) mass is 585 g/mol. The van der Waals surface area contributed by atoms with Crippen LogP contribution in [0.1, 0.15) is 25.7 Å². The first-order valence-electron chi connectivity index (χ1n) is 13.9. The number of ether oxygens (including phenoxy) is 4. The third-order valence-electron chi connectivity index (χ3n) is 7.33. The first-order valence-corrected chi connectivity index (χ1v) is 13.9. The summed E-state index contributed by atoms with van der Waals surface area (Å²) in [5.41, 5.74) is 10.5. The van der Waals surface area contributed by atoms with Crippen molar-refractivity contribution >= 4 is 28.9 Å². The van der Waals surface area contributed by atoms with Crippen molar-refractivity contribution in [1.29, 1.82) is 0 Å². The second-order valence-corrected chi connectivity index (χ2v) is 10.3. The number of likely N-dealkylation sites (N-methyl/N-ethyl adjacent to an activating group) is 1. The summed E-state index contributed by atoms with van der Waals surface area (Å²) in [6.45, 7) is 3.69. The third-order valence-corrected chi connectivity index (χ3v) is 7.33. The summed E-state index contributed by atoms with van der Waals surface area (Å²) in [6.07, 6.45) is 5.93. The summed E-state index contributed by atoms with van der Waals surface area (Å²) in [4.78, 5) is 52.1. The number of fused-ring (bicyclic) bond motifs is 1. The van der Waals surface area contributed by atoms with E-state index in [1.807, 2.05) is 6.08 Å². The zero-order chi connectivity index (χ0) is 30.1. The van der Waals surface area contributed by atoms with E-state index < -0.39 is 0 Å². The molecular formula is C28H39N7O7. The number of allylic oxidation sites excluding steroid dienone is 2. The van der Waals surface area contributed by atoms with Gasteiger partial charge in [-0.2, -0.15) is 9.97 Å². The number of likely N-dealkylation sites (tertiary alicyclic amines) is 1. The smallest absolute Gasteiger partial charge is 0.327 e. The predicted octanol–water partition coefficient (Wildman–Crippen LogP) is 0.846.